The molecule has 0 unspecified atom stereocenters. The number of allylic oxidation sites excluding steroid dienone is 2. The van der Waals surface area contributed by atoms with Gasteiger partial charge in [-0.3, -0.25) is 19.7 Å². The topological polar surface area (TPSA) is 76.0 Å². The molecule has 0 aliphatic rings. The van der Waals surface area contributed by atoms with Gasteiger partial charge in [0, 0.05) is 68.4 Å². The van der Waals surface area contributed by atoms with Crippen LogP contribution in [0, 0.1) is 17.9 Å². The van der Waals surface area contributed by atoms with Gasteiger partial charge >= 0.3 is 0 Å². The van der Waals surface area contributed by atoms with Crippen LogP contribution in [0.2, 0.25) is 0 Å². The summed E-state index contributed by atoms with van der Waals surface area (Å²) in [6.07, 6.45) is 7.99. The second kappa shape index (κ2) is 13.1. The first kappa shape index (κ1) is 27.3. The molecule has 1 N–H and O–H groups in total. The predicted molar refractivity (Wildman–Crippen MR) is 134 cm³/mol. The number of carbonyl (C=O) groups is 1. The van der Waals surface area contributed by atoms with E-state index in [9.17, 15) is 9.90 Å². The molecule has 2 aromatic heterocycles. The molecule has 2 aromatic carbocycles. The van der Waals surface area contributed by atoms with Gasteiger partial charge in [-0.25, -0.2) is 0 Å². The van der Waals surface area contributed by atoms with Crippen molar-refractivity contribution < 1.29 is 30.0 Å². The Hall–Kier alpha value is -2.95. The van der Waals surface area contributed by atoms with Gasteiger partial charge in [0.05, 0.1) is 17.1 Å². The van der Waals surface area contributed by atoms with Gasteiger partial charge in [-0.2, -0.15) is 0 Å². The molecule has 2 heterocycles. The Balaban J connectivity index is 0.000000258. The number of nitrogens with zero attached hydrogens (tertiary/aromatic N) is 3. The fourth-order valence-corrected chi connectivity index (χ4v) is 3.47. The van der Waals surface area contributed by atoms with Crippen molar-refractivity contribution >= 4 is 27.5 Å². The summed E-state index contributed by atoms with van der Waals surface area (Å²) in [5.74, 6) is 1.68. The maximum Gasteiger partial charge on any atom is 0.159 e. The van der Waals surface area contributed by atoms with E-state index in [0.29, 0.717) is 30.5 Å². The summed E-state index contributed by atoms with van der Waals surface area (Å²) in [5, 5.41) is 12.6. The van der Waals surface area contributed by atoms with Crippen LogP contribution in [0.3, 0.4) is 0 Å². The molecule has 5 nitrogen and oxygen atoms in total. The Kier molecular flexibility index (Phi) is 10.5. The minimum Gasteiger partial charge on any atom is -0.512 e. The summed E-state index contributed by atoms with van der Waals surface area (Å²) >= 11 is 0. The molecule has 0 amide bonds. The molecule has 0 aliphatic carbocycles. The zero-order valence-electron chi connectivity index (χ0n) is 20.0. The number of hydrogen-bond donors (Lipinski definition) is 1. The molecule has 0 atom stereocenters. The third kappa shape index (κ3) is 7.82. The molecule has 4 aromatic rings. The SMILES string of the molecule is CC(C)CC(=O)/C=C(\O)CC(C)C.[Ir].[c-]1ccccc1-c1ncc2c(ccc3cnccc32)n1. The van der Waals surface area contributed by atoms with Crippen molar-refractivity contribution in [1.82, 2.24) is 15.0 Å². The van der Waals surface area contributed by atoms with Crippen molar-refractivity contribution in [1.29, 1.82) is 0 Å². The van der Waals surface area contributed by atoms with Gasteiger partial charge in [0.2, 0.25) is 0 Å². The second-order valence-corrected chi connectivity index (χ2v) is 8.86. The van der Waals surface area contributed by atoms with E-state index in [1.54, 1.807) is 6.20 Å². The first-order valence-corrected chi connectivity index (χ1v) is 11.2. The van der Waals surface area contributed by atoms with Gasteiger partial charge in [0.15, 0.2) is 5.78 Å². The van der Waals surface area contributed by atoms with Crippen molar-refractivity contribution in [3.8, 4) is 11.4 Å². The molecule has 4 rings (SSSR count). The molecule has 6 heteroatoms. The number of aliphatic hydroxyl groups is 1. The normalized spacial score (nSPS) is 11.3. The van der Waals surface area contributed by atoms with Crippen LogP contribution in [0.15, 0.2) is 72.9 Å². The van der Waals surface area contributed by atoms with Crippen LogP contribution in [-0.2, 0) is 24.9 Å². The van der Waals surface area contributed by atoms with Crippen LogP contribution in [0.25, 0.3) is 33.1 Å². The summed E-state index contributed by atoms with van der Waals surface area (Å²) in [6, 6.07) is 16.9. The predicted octanol–water partition coefficient (Wildman–Crippen LogP) is 6.73. The third-order valence-electron chi connectivity index (χ3n) is 4.89. The van der Waals surface area contributed by atoms with Crippen molar-refractivity contribution in [2.75, 3.05) is 0 Å². The number of fused-ring (bicyclic) bond motifs is 3. The smallest absolute Gasteiger partial charge is 0.159 e. The zero-order valence-corrected chi connectivity index (χ0v) is 22.3. The first-order valence-electron chi connectivity index (χ1n) is 11.2. The Morgan fingerprint density at radius 3 is 2.44 bits per heavy atom. The van der Waals surface area contributed by atoms with E-state index in [1.165, 1.54) is 6.08 Å². The molecular weight excluding hydrogens is 603 g/mol. The van der Waals surface area contributed by atoms with E-state index in [1.807, 2.05) is 82.6 Å². The number of aliphatic hydroxyl groups excluding tert-OH is 1. The number of benzene rings is 2. The number of ketones is 1. The van der Waals surface area contributed by atoms with Gasteiger partial charge in [0.25, 0.3) is 0 Å². The van der Waals surface area contributed by atoms with Gasteiger partial charge in [-0.05, 0) is 29.4 Å². The molecule has 0 fully saturated rings. The van der Waals surface area contributed by atoms with E-state index >= 15 is 0 Å². The summed E-state index contributed by atoms with van der Waals surface area (Å²) in [6.45, 7) is 8.00. The van der Waals surface area contributed by atoms with E-state index in [2.05, 4.69) is 21.0 Å². The maximum absolute atomic E-state index is 11.2. The Morgan fingerprint density at radius 1 is 1.00 bits per heavy atom. The number of aromatic nitrogens is 3. The van der Waals surface area contributed by atoms with Crippen molar-refractivity contribution in [3.63, 3.8) is 0 Å². The minimum atomic E-state index is 0. The van der Waals surface area contributed by atoms with Crippen molar-refractivity contribution in [3.05, 3.63) is 79.0 Å². The van der Waals surface area contributed by atoms with E-state index in [-0.39, 0.29) is 31.6 Å². The van der Waals surface area contributed by atoms with Crippen molar-refractivity contribution in [2.45, 2.75) is 40.5 Å². The molecule has 0 aliphatic heterocycles. The fourth-order valence-electron chi connectivity index (χ4n) is 3.47. The number of carbonyl (C=O) groups excluding carboxylic acids is 1. The van der Waals surface area contributed by atoms with Crippen molar-refractivity contribution in [2.24, 2.45) is 11.8 Å². The quantitative estimate of drug-likeness (QED) is 0.110. The van der Waals surface area contributed by atoms with Gasteiger partial charge in [0.1, 0.15) is 0 Å². The van der Waals surface area contributed by atoms with Crippen LogP contribution >= 0.6 is 0 Å². The Labute approximate surface area is 214 Å². The van der Waals surface area contributed by atoms with E-state index in [0.717, 1.165) is 27.2 Å². The van der Waals surface area contributed by atoms with E-state index < -0.39 is 0 Å². The van der Waals surface area contributed by atoms with Crippen LogP contribution in [0.1, 0.15) is 40.5 Å². The summed E-state index contributed by atoms with van der Waals surface area (Å²) in [5.41, 5.74) is 1.84. The Bertz CT molecular complexity index is 1250. The van der Waals surface area contributed by atoms with E-state index in [4.69, 9.17) is 0 Å². The second-order valence-electron chi connectivity index (χ2n) is 8.86. The first-order chi connectivity index (χ1) is 15.8. The molecule has 0 saturated heterocycles. The Morgan fingerprint density at radius 2 is 1.76 bits per heavy atom. The average molecular weight is 633 g/mol. The van der Waals surface area contributed by atoms with Crippen LogP contribution in [0.5, 0.6) is 0 Å². The minimum absolute atomic E-state index is 0. The molecule has 34 heavy (non-hydrogen) atoms. The van der Waals surface area contributed by atoms with Gasteiger partial charge in [-0.15, -0.1) is 35.9 Å². The number of rotatable bonds is 6. The molecule has 179 valence electrons. The van der Waals surface area contributed by atoms with Gasteiger partial charge < -0.3 is 5.11 Å². The zero-order chi connectivity index (χ0) is 23.8. The standard InChI is InChI=1S/C17H10N3.C11H20O2.Ir/c1-2-4-12(5-3-1)17-19-11-15-14-8-9-18-10-13(14)6-7-16(15)20-17;1-8(2)5-10(12)7-11(13)6-9(3)4;/h1-4,6-11H;7-9,12H,5-6H2,1-4H3;/q-1;;/b;10-7-;. The van der Waals surface area contributed by atoms with Crippen LogP contribution in [0.4, 0.5) is 0 Å². The third-order valence-corrected chi connectivity index (χ3v) is 4.89. The maximum atomic E-state index is 11.2. The summed E-state index contributed by atoms with van der Waals surface area (Å²) in [4.78, 5) is 24.4. The summed E-state index contributed by atoms with van der Waals surface area (Å²) < 4.78 is 0. The van der Waals surface area contributed by atoms with Gasteiger partial charge in [-0.1, -0.05) is 33.8 Å². The molecular formula is C28H30IrN3O2-. The monoisotopic (exact) mass is 633 g/mol. The van der Waals surface area contributed by atoms with Crippen LogP contribution < -0.4 is 0 Å². The largest absolute Gasteiger partial charge is 0.512 e. The molecule has 0 spiro atoms. The molecule has 1 radical (unpaired) electrons. The van der Waals surface area contributed by atoms with Crippen LogP contribution in [-0.4, -0.2) is 25.8 Å². The number of pyridine rings is 1. The fraction of sp³-hybridized carbons (Fsp3) is 0.286. The molecule has 0 bridgehead atoms. The average Bonchev–Trinajstić information content (AvgIpc) is 2.78. The molecule has 0 saturated carbocycles. The number of hydrogen-bond acceptors (Lipinski definition) is 5. The summed E-state index contributed by atoms with van der Waals surface area (Å²) in [7, 11) is 0.